The Bertz CT molecular complexity index is 1310. The second-order valence-corrected chi connectivity index (χ2v) is 9.13. The van der Waals surface area contributed by atoms with Gasteiger partial charge in [0.05, 0.1) is 20.3 Å². The summed E-state index contributed by atoms with van der Waals surface area (Å²) in [4.78, 5) is 15.0. The minimum atomic E-state index is -4.61. The van der Waals surface area contributed by atoms with Crippen LogP contribution in [-0.2, 0) is 6.42 Å². The fourth-order valence-corrected chi connectivity index (χ4v) is 5.15. The Labute approximate surface area is 210 Å². The highest BCUT2D eigenvalue weighted by Gasteiger charge is 2.48. The largest absolute Gasteiger partial charge is 0.493 e. The zero-order valence-electron chi connectivity index (χ0n) is 19.6. The maximum atomic E-state index is 14.2. The number of nitrogens with zero attached hydrogens (tertiary/aromatic N) is 3. The molecule has 1 aromatic heterocycles. The molecule has 0 aliphatic carbocycles. The first-order chi connectivity index (χ1) is 17.2. The van der Waals surface area contributed by atoms with Gasteiger partial charge in [-0.1, -0.05) is 35.9 Å². The lowest BCUT2D eigenvalue weighted by Gasteiger charge is -2.33. The van der Waals surface area contributed by atoms with E-state index in [2.05, 4.69) is 10.4 Å². The van der Waals surface area contributed by atoms with Gasteiger partial charge in [-0.25, -0.2) is 4.68 Å². The van der Waals surface area contributed by atoms with Crippen molar-refractivity contribution in [1.29, 1.82) is 0 Å². The van der Waals surface area contributed by atoms with E-state index in [1.54, 1.807) is 18.2 Å². The van der Waals surface area contributed by atoms with Crippen LogP contribution in [0.1, 0.15) is 46.5 Å². The molecule has 0 saturated heterocycles. The minimum Gasteiger partial charge on any atom is -0.493 e. The van der Waals surface area contributed by atoms with Crippen molar-refractivity contribution in [1.82, 2.24) is 9.78 Å². The molecule has 1 N–H and O–H groups in total. The molecule has 0 saturated carbocycles. The molecule has 7 nitrogen and oxygen atoms in total. The molecule has 0 unspecified atom stereocenters. The number of anilines is 2. The van der Waals surface area contributed by atoms with Crippen LogP contribution in [0, 0.1) is 0 Å². The van der Waals surface area contributed by atoms with Crippen LogP contribution < -0.4 is 19.7 Å². The number of methoxy groups -OCH3 is 2. The monoisotopic (exact) mass is 520 g/mol. The lowest BCUT2D eigenvalue weighted by Crippen LogP contribution is -2.37. The van der Waals surface area contributed by atoms with Crippen LogP contribution in [0.2, 0.25) is 5.02 Å². The van der Waals surface area contributed by atoms with E-state index in [4.69, 9.17) is 21.1 Å². The average Bonchev–Trinajstić information content (AvgIpc) is 3.22. The fraction of sp³-hybridized carbons (Fsp3) is 0.360. The molecule has 1 amide bonds. The topological polar surface area (TPSA) is 68.6 Å². The van der Waals surface area contributed by atoms with E-state index in [-0.39, 0.29) is 23.0 Å². The van der Waals surface area contributed by atoms with Gasteiger partial charge in [0, 0.05) is 18.7 Å². The summed E-state index contributed by atoms with van der Waals surface area (Å²) in [6.07, 6.45) is -3.40. The van der Waals surface area contributed by atoms with Crippen LogP contribution in [0.3, 0.4) is 0 Å². The number of aryl methyl sites for hydroxylation is 1. The van der Waals surface area contributed by atoms with Gasteiger partial charge in [0.15, 0.2) is 23.2 Å². The van der Waals surface area contributed by atoms with Gasteiger partial charge in [0.1, 0.15) is 10.8 Å². The standard InChI is InChI=1S/C25H24ClF3N4O3/c1-35-18-10-9-15(12-19(18)36-2)16-13-20(25(27,28)29)33-23(30-16)21(26)22(31-33)24(34)32-11-5-7-14-6-3-4-8-17(14)32/h3-4,6,8-10,12,16,20,30H,5,7,11,13H2,1-2H3/t16-,20+/m1/s1. The number of benzene rings is 2. The van der Waals surface area contributed by atoms with E-state index in [9.17, 15) is 18.0 Å². The van der Waals surface area contributed by atoms with Crippen molar-refractivity contribution >= 4 is 29.0 Å². The summed E-state index contributed by atoms with van der Waals surface area (Å²) in [5.74, 6) is 0.283. The van der Waals surface area contributed by atoms with Gasteiger partial charge in [-0.2, -0.15) is 18.3 Å². The Morgan fingerprint density at radius 3 is 2.61 bits per heavy atom. The van der Waals surface area contributed by atoms with Crippen LogP contribution in [0.25, 0.3) is 0 Å². The molecule has 2 aliphatic rings. The molecule has 5 rings (SSSR count). The number of hydrogen-bond acceptors (Lipinski definition) is 5. The zero-order chi connectivity index (χ0) is 25.6. The molecule has 190 valence electrons. The normalized spacial score (nSPS) is 19.2. The Hall–Kier alpha value is -3.40. The number of alkyl halides is 3. The molecule has 0 spiro atoms. The van der Waals surface area contributed by atoms with E-state index in [1.807, 2.05) is 24.3 Å². The molecule has 0 bridgehead atoms. The number of halogens is 4. The van der Waals surface area contributed by atoms with Crippen LogP contribution in [0.5, 0.6) is 11.5 Å². The van der Waals surface area contributed by atoms with Crippen molar-refractivity contribution < 1.29 is 27.4 Å². The van der Waals surface area contributed by atoms with Crippen molar-refractivity contribution in [3.8, 4) is 11.5 Å². The molecule has 0 fully saturated rings. The predicted octanol–water partition coefficient (Wildman–Crippen LogP) is 5.81. The molecular weight excluding hydrogens is 497 g/mol. The SMILES string of the molecule is COc1ccc([C@H]2C[C@@H](C(F)(F)F)n3nc(C(=O)N4CCCc5ccccc54)c(Cl)c3N2)cc1OC. The number of ether oxygens (including phenoxy) is 2. The quantitative estimate of drug-likeness (QED) is 0.470. The summed E-state index contributed by atoms with van der Waals surface area (Å²) < 4.78 is 53.9. The predicted molar refractivity (Wildman–Crippen MR) is 129 cm³/mol. The number of fused-ring (bicyclic) bond motifs is 2. The van der Waals surface area contributed by atoms with Crippen LogP contribution in [0.15, 0.2) is 42.5 Å². The number of para-hydroxylation sites is 1. The maximum Gasteiger partial charge on any atom is 0.410 e. The van der Waals surface area contributed by atoms with Gasteiger partial charge >= 0.3 is 6.18 Å². The number of carbonyl (C=O) groups is 1. The van der Waals surface area contributed by atoms with Crippen LogP contribution >= 0.6 is 11.6 Å². The molecular formula is C25H24ClF3N4O3. The Kier molecular flexibility index (Phi) is 6.23. The summed E-state index contributed by atoms with van der Waals surface area (Å²) in [6.45, 7) is 0.429. The summed E-state index contributed by atoms with van der Waals surface area (Å²) in [6, 6.07) is 9.67. The van der Waals surface area contributed by atoms with E-state index in [1.165, 1.54) is 19.1 Å². The van der Waals surface area contributed by atoms with Crippen molar-refractivity contribution in [3.63, 3.8) is 0 Å². The highest BCUT2D eigenvalue weighted by atomic mass is 35.5. The molecule has 0 radical (unpaired) electrons. The molecule has 11 heteroatoms. The average molecular weight is 521 g/mol. The van der Waals surface area contributed by atoms with Gasteiger partial charge in [0.2, 0.25) is 0 Å². The van der Waals surface area contributed by atoms with Crippen LogP contribution in [-0.4, -0.2) is 42.6 Å². The smallest absolute Gasteiger partial charge is 0.410 e. The molecule has 36 heavy (non-hydrogen) atoms. The number of aromatic nitrogens is 2. The highest BCUT2D eigenvalue weighted by Crippen LogP contribution is 2.47. The Morgan fingerprint density at radius 2 is 1.89 bits per heavy atom. The van der Waals surface area contributed by atoms with Gasteiger partial charge in [-0.15, -0.1) is 0 Å². The van der Waals surface area contributed by atoms with Gasteiger partial charge in [-0.3, -0.25) is 4.79 Å². The Morgan fingerprint density at radius 1 is 1.14 bits per heavy atom. The Balaban J connectivity index is 1.54. The summed E-state index contributed by atoms with van der Waals surface area (Å²) >= 11 is 6.55. The highest BCUT2D eigenvalue weighted by molar-refractivity contribution is 6.36. The van der Waals surface area contributed by atoms with E-state index < -0.39 is 24.2 Å². The number of nitrogens with one attached hydrogen (secondary N) is 1. The van der Waals surface area contributed by atoms with Gasteiger partial charge in [-0.05, 0) is 42.2 Å². The third-order valence-electron chi connectivity index (χ3n) is 6.66. The number of hydrogen-bond donors (Lipinski definition) is 1. The second-order valence-electron chi connectivity index (χ2n) is 8.75. The van der Waals surface area contributed by atoms with Gasteiger partial charge in [0.25, 0.3) is 5.91 Å². The van der Waals surface area contributed by atoms with E-state index >= 15 is 0 Å². The second kappa shape index (κ2) is 9.24. The van der Waals surface area contributed by atoms with Crippen molar-refractivity contribution in [2.45, 2.75) is 37.5 Å². The number of rotatable bonds is 4. The summed E-state index contributed by atoms with van der Waals surface area (Å²) in [5, 5.41) is 7.04. The summed E-state index contributed by atoms with van der Waals surface area (Å²) in [5.41, 5.74) is 2.07. The van der Waals surface area contributed by atoms with Crippen molar-refractivity contribution in [2.75, 3.05) is 31.0 Å². The maximum absolute atomic E-state index is 14.2. The molecule has 2 aromatic carbocycles. The lowest BCUT2D eigenvalue weighted by atomic mass is 9.96. The molecule has 3 heterocycles. The summed E-state index contributed by atoms with van der Waals surface area (Å²) in [7, 11) is 2.94. The van der Waals surface area contributed by atoms with Gasteiger partial charge < -0.3 is 19.7 Å². The molecule has 3 aromatic rings. The van der Waals surface area contributed by atoms with Crippen molar-refractivity contribution in [2.24, 2.45) is 0 Å². The first kappa shape index (κ1) is 24.3. The molecule has 2 aliphatic heterocycles. The van der Waals surface area contributed by atoms with E-state index in [0.717, 1.165) is 28.8 Å². The number of carbonyl (C=O) groups excluding carboxylic acids is 1. The zero-order valence-corrected chi connectivity index (χ0v) is 20.4. The first-order valence-electron chi connectivity index (χ1n) is 11.5. The fourth-order valence-electron chi connectivity index (χ4n) is 4.89. The first-order valence-corrected chi connectivity index (χ1v) is 11.8. The lowest BCUT2D eigenvalue weighted by molar-refractivity contribution is -0.173. The number of amides is 1. The molecule has 2 atom stereocenters. The van der Waals surface area contributed by atoms with E-state index in [0.29, 0.717) is 23.6 Å². The minimum absolute atomic E-state index is 0.0429. The third kappa shape index (κ3) is 4.13. The van der Waals surface area contributed by atoms with Crippen LogP contribution in [0.4, 0.5) is 24.7 Å². The third-order valence-corrected chi connectivity index (χ3v) is 7.02. The van der Waals surface area contributed by atoms with Crippen molar-refractivity contribution in [3.05, 3.63) is 64.3 Å².